The van der Waals surface area contributed by atoms with Crippen molar-refractivity contribution in [3.05, 3.63) is 41.9 Å². The van der Waals surface area contributed by atoms with Crippen molar-refractivity contribution in [2.75, 3.05) is 31.8 Å². The molecule has 11 nitrogen and oxygen atoms in total. The average molecular weight is 415 g/mol. The van der Waals surface area contributed by atoms with Crippen molar-refractivity contribution in [3.8, 4) is 17.1 Å². The van der Waals surface area contributed by atoms with E-state index in [1.807, 2.05) is 5.32 Å². The Balaban J connectivity index is 2.06. The first-order valence-electron chi connectivity index (χ1n) is 10.0. The molecular formula is C19H20N6O5. The van der Waals surface area contributed by atoms with Gasteiger partial charge in [0, 0.05) is 30.3 Å². The number of aryl methyl sites for hydroxylation is 1. The molecule has 0 aliphatic rings. The van der Waals surface area contributed by atoms with Gasteiger partial charge in [0.1, 0.15) is 5.82 Å². The second-order valence-electron chi connectivity index (χ2n) is 5.83. The first-order valence-corrected chi connectivity index (χ1v) is 8.53. The molecular weight excluding hydrogens is 392 g/mol. The van der Waals surface area contributed by atoms with E-state index in [0.717, 1.165) is 6.20 Å². The number of benzene rings is 1. The largest absolute Gasteiger partial charge is 0.494 e. The van der Waals surface area contributed by atoms with Crippen molar-refractivity contribution in [3.63, 3.8) is 0 Å². The Labute approximate surface area is 176 Å². The summed E-state index contributed by atoms with van der Waals surface area (Å²) in [4.78, 5) is 32.3. The Hall–Kier alpha value is -4.15. The van der Waals surface area contributed by atoms with Gasteiger partial charge in [-0.25, -0.2) is 9.78 Å². The van der Waals surface area contributed by atoms with E-state index in [1.165, 1.54) is 20.3 Å². The van der Waals surface area contributed by atoms with Crippen LogP contribution in [0.2, 0.25) is 0 Å². The lowest BCUT2D eigenvalue weighted by Crippen LogP contribution is -2.20. The number of carbonyl (C=O) groups is 2. The highest BCUT2D eigenvalue weighted by Gasteiger charge is 2.18. The summed E-state index contributed by atoms with van der Waals surface area (Å²) in [6.07, 6.45) is 0.341. The molecule has 0 spiro atoms. The summed E-state index contributed by atoms with van der Waals surface area (Å²) in [7, 11) is 2.62. The van der Waals surface area contributed by atoms with E-state index >= 15 is 0 Å². The van der Waals surface area contributed by atoms with E-state index in [1.54, 1.807) is 25.1 Å². The van der Waals surface area contributed by atoms with Crippen molar-refractivity contribution >= 4 is 29.2 Å². The topological polar surface area (TPSA) is 140 Å². The van der Waals surface area contributed by atoms with Crippen LogP contribution in [0.25, 0.3) is 11.4 Å². The third-order valence-electron chi connectivity index (χ3n) is 3.93. The average Bonchev–Trinajstić information content (AvgIpc) is 3.18. The minimum absolute atomic E-state index is 0.0543. The number of hydrogen-bond donors (Lipinski definition) is 3. The summed E-state index contributed by atoms with van der Waals surface area (Å²) in [5.74, 6) is 0.134. The standard InChI is InChI=1S/C19H20N6O5/c1-10-22-17(25-30-10)11-6-5-7-13(16(11)28-3)23-14-8-15(24-19(27)29-4)21-9-12(14)18(26)20-2/h5-9H,1-4H3,(H,20,26)(H2,21,23,24,27)/i2D3. The lowest BCUT2D eigenvalue weighted by Gasteiger charge is -2.16. The molecule has 3 aromatic rings. The minimum atomic E-state index is -2.72. The zero-order valence-corrected chi connectivity index (χ0v) is 16.3. The van der Waals surface area contributed by atoms with Crippen molar-refractivity contribution in [2.45, 2.75) is 6.92 Å². The molecule has 1 aromatic carbocycles. The van der Waals surface area contributed by atoms with Crippen LogP contribution in [0.4, 0.5) is 22.0 Å². The fraction of sp³-hybridized carbons (Fsp3) is 0.211. The predicted molar refractivity (Wildman–Crippen MR) is 108 cm³/mol. The molecule has 0 aliphatic carbocycles. The van der Waals surface area contributed by atoms with Crippen LogP contribution in [0.1, 0.15) is 20.4 Å². The number of nitrogens with zero attached hydrogens (tertiary/aromatic N) is 3. The van der Waals surface area contributed by atoms with Crippen molar-refractivity contribution in [1.82, 2.24) is 20.4 Å². The Morgan fingerprint density at radius 1 is 1.23 bits per heavy atom. The molecule has 3 N–H and O–H groups in total. The van der Waals surface area contributed by atoms with Gasteiger partial charge in [0.05, 0.1) is 36.7 Å². The van der Waals surface area contributed by atoms with Crippen LogP contribution < -0.4 is 20.7 Å². The number of carbonyl (C=O) groups excluding carboxylic acids is 2. The highest BCUT2D eigenvalue weighted by atomic mass is 16.5. The van der Waals surface area contributed by atoms with E-state index in [-0.39, 0.29) is 22.9 Å². The number of para-hydroxylation sites is 1. The second kappa shape index (κ2) is 8.90. The number of rotatable bonds is 6. The summed E-state index contributed by atoms with van der Waals surface area (Å²) < 4.78 is 37.0. The molecule has 0 saturated carbocycles. The van der Waals surface area contributed by atoms with Gasteiger partial charge in [0.15, 0.2) is 5.75 Å². The van der Waals surface area contributed by atoms with Crippen LogP contribution in [-0.2, 0) is 4.74 Å². The number of pyridine rings is 1. The first-order chi connectivity index (χ1) is 15.6. The van der Waals surface area contributed by atoms with Crippen LogP contribution in [-0.4, -0.2) is 48.3 Å². The molecule has 30 heavy (non-hydrogen) atoms. The van der Waals surface area contributed by atoms with E-state index < -0.39 is 19.0 Å². The molecule has 2 amide bonds. The van der Waals surface area contributed by atoms with Crippen molar-refractivity contribution in [1.29, 1.82) is 0 Å². The molecule has 0 radical (unpaired) electrons. The Morgan fingerprint density at radius 2 is 2.07 bits per heavy atom. The highest BCUT2D eigenvalue weighted by Crippen LogP contribution is 2.37. The van der Waals surface area contributed by atoms with Gasteiger partial charge in [-0.3, -0.25) is 10.1 Å². The van der Waals surface area contributed by atoms with Crippen molar-refractivity contribution in [2.24, 2.45) is 0 Å². The van der Waals surface area contributed by atoms with Gasteiger partial charge in [-0.05, 0) is 12.1 Å². The van der Waals surface area contributed by atoms with Crippen LogP contribution in [0.15, 0.2) is 35.0 Å². The maximum Gasteiger partial charge on any atom is 0.412 e. The van der Waals surface area contributed by atoms with Gasteiger partial charge in [-0.1, -0.05) is 11.2 Å². The summed E-state index contributed by atoms with van der Waals surface area (Å²) >= 11 is 0. The summed E-state index contributed by atoms with van der Waals surface area (Å²) in [6.45, 7) is -1.07. The molecule has 2 aromatic heterocycles. The highest BCUT2D eigenvalue weighted by molar-refractivity contribution is 6.01. The summed E-state index contributed by atoms with van der Waals surface area (Å²) in [5.41, 5.74) is 0.952. The lowest BCUT2D eigenvalue weighted by molar-refractivity contribution is 0.0963. The maximum absolute atomic E-state index is 12.6. The molecule has 0 saturated heterocycles. The van der Waals surface area contributed by atoms with Crippen LogP contribution in [0, 0.1) is 6.92 Å². The molecule has 3 rings (SSSR count). The third-order valence-corrected chi connectivity index (χ3v) is 3.93. The molecule has 0 bridgehead atoms. The SMILES string of the molecule is [2H]C([2H])([2H])NC(=O)c1cnc(NC(=O)OC)cc1Nc1cccc(-c2noc(C)n2)c1OC. The zero-order valence-electron chi connectivity index (χ0n) is 19.3. The van der Waals surface area contributed by atoms with Crippen LogP contribution >= 0.6 is 0 Å². The quantitative estimate of drug-likeness (QED) is 0.554. The van der Waals surface area contributed by atoms with E-state index in [4.69, 9.17) is 13.4 Å². The van der Waals surface area contributed by atoms with Gasteiger partial charge in [-0.15, -0.1) is 0 Å². The van der Waals surface area contributed by atoms with Gasteiger partial charge in [0.2, 0.25) is 11.7 Å². The predicted octanol–water partition coefficient (Wildman–Crippen LogP) is 2.73. The van der Waals surface area contributed by atoms with Crippen molar-refractivity contribution < 1.29 is 27.7 Å². The molecule has 2 heterocycles. The van der Waals surface area contributed by atoms with Crippen LogP contribution in [0.5, 0.6) is 5.75 Å². The fourth-order valence-electron chi connectivity index (χ4n) is 2.62. The van der Waals surface area contributed by atoms with E-state index in [0.29, 0.717) is 22.9 Å². The van der Waals surface area contributed by atoms with E-state index in [2.05, 4.69) is 30.5 Å². The molecule has 0 aliphatic heterocycles. The molecule has 156 valence electrons. The smallest absolute Gasteiger partial charge is 0.412 e. The second-order valence-corrected chi connectivity index (χ2v) is 5.83. The van der Waals surface area contributed by atoms with Gasteiger partial charge >= 0.3 is 6.09 Å². The molecule has 0 atom stereocenters. The third kappa shape index (κ3) is 4.29. The Kier molecular flexibility index (Phi) is 4.98. The van der Waals surface area contributed by atoms with Gasteiger partial charge < -0.3 is 24.6 Å². The molecule has 11 heteroatoms. The lowest BCUT2D eigenvalue weighted by atomic mass is 10.1. The summed E-state index contributed by atoms with van der Waals surface area (Å²) in [6, 6.07) is 6.42. The maximum atomic E-state index is 12.6. The van der Waals surface area contributed by atoms with Gasteiger partial charge in [-0.2, -0.15) is 4.98 Å². The minimum Gasteiger partial charge on any atom is -0.494 e. The number of ether oxygens (including phenoxy) is 2. The molecule has 0 fully saturated rings. The van der Waals surface area contributed by atoms with E-state index in [9.17, 15) is 9.59 Å². The number of anilines is 3. The normalized spacial score (nSPS) is 12.2. The number of amides is 2. The van der Waals surface area contributed by atoms with Gasteiger partial charge in [0.25, 0.3) is 5.91 Å². The number of aromatic nitrogens is 3. The monoisotopic (exact) mass is 415 g/mol. The number of methoxy groups -OCH3 is 2. The first kappa shape index (κ1) is 16.8. The number of nitrogens with one attached hydrogen (secondary N) is 3. The Bertz CT molecular complexity index is 1180. The Morgan fingerprint density at radius 3 is 2.73 bits per heavy atom. The zero-order chi connectivity index (χ0) is 24.2. The fourth-order valence-corrected chi connectivity index (χ4v) is 2.62. The van der Waals surface area contributed by atoms with Crippen LogP contribution in [0.3, 0.4) is 0 Å². The molecule has 0 unspecified atom stereocenters. The number of hydrogen-bond acceptors (Lipinski definition) is 9. The summed E-state index contributed by atoms with van der Waals surface area (Å²) in [5, 5.41) is 11.2.